The second-order valence-corrected chi connectivity index (χ2v) is 6.25. The summed E-state index contributed by atoms with van der Waals surface area (Å²) < 4.78 is 19.1. The average Bonchev–Trinajstić information content (AvgIpc) is 2.78. The van der Waals surface area contributed by atoms with Gasteiger partial charge < -0.3 is 4.74 Å². The number of nitrogens with zero attached hydrogens (tertiary/aromatic N) is 1. The molecule has 1 aliphatic heterocycles. The van der Waals surface area contributed by atoms with E-state index in [9.17, 15) is 9.18 Å². The van der Waals surface area contributed by atoms with Crippen molar-refractivity contribution in [3.63, 3.8) is 0 Å². The number of rotatable bonds is 3. The summed E-state index contributed by atoms with van der Waals surface area (Å²) in [6.45, 7) is 6.85. The van der Waals surface area contributed by atoms with Crippen LogP contribution >= 0.6 is 0 Å². The van der Waals surface area contributed by atoms with Crippen LogP contribution in [-0.4, -0.2) is 29.1 Å². The van der Waals surface area contributed by atoms with Crippen molar-refractivity contribution in [2.75, 3.05) is 6.54 Å². The van der Waals surface area contributed by atoms with Gasteiger partial charge in [-0.1, -0.05) is 18.2 Å². The molecule has 1 saturated heterocycles. The molecule has 1 aromatic carbocycles. The van der Waals surface area contributed by atoms with Crippen molar-refractivity contribution in [1.29, 1.82) is 0 Å². The van der Waals surface area contributed by atoms with Crippen molar-refractivity contribution in [2.45, 2.75) is 51.8 Å². The van der Waals surface area contributed by atoms with E-state index in [0.717, 1.165) is 19.4 Å². The van der Waals surface area contributed by atoms with Gasteiger partial charge in [-0.3, -0.25) is 9.69 Å². The molecule has 1 aliphatic rings. The normalized spacial score (nSPS) is 20.1. The molecule has 0 amide bonds. The first kappa shape index (κ1) is 15.0. The number of carbonyl (C=O) groups excluding carboxylic acids is 1. The summed E-state index contributed by atoms with van der Waals surface area (Å²) in [6.07, 6.45) is 1.72. The zero-order valence-electron chi connectivity index (χ0n) is 12.4. The highest BCUT2D eigenvalue weighted by Gasteiger charge is 2.34. The zero-order chi connectivity index (χ0) is 14.8. The Kier molecular flexibility index (Phi) is 4.43. The summed E-state index contributed by atoms with van der Waals surface area (Å²) in [5, 5.41) is 0. The Morgan fingerprint density at radius 3 is 2.75 bits per heavy atom. The SMILES string of the molecule is CC(C)(C)OC(=O)[C@H]1CCCN1Cc1ccccc1F. The molecule has 4 heteroatoms. The Morgan fingerprint density at radius 2 is 2.10 bits per heavy atom. The minimum absolute atomic E-state index is 0.202. The maximum Gasteiger partial charge on any atom is 0.323 e. The topological polar surface area (TPSA) is 29.5 Å². The van der Waals surface area contributed by atoms with Crippen LogP contribution in [0.5, 0.6) is 0 Å². The highest BCUT2D eigenvalue weighted by atomic mass is 19.1. The molecule has 0 spiro atoms. The van der Waals surface area contributed by atoms with Gasteiger partial charge in [-0.15, -0.1) is 0 Å². The molecule has 1 atom stereocenters. The lowest BCUT2D eigenvalue weighted by molar-refractivity contribution is -0.160. The third kappa shape index (κ3) is 3.79. The Morgan fingerprint density at radius 1 is 1.40 bits per heavy atom. The van der Waals surface area contributed by atoms with E-state index in [1.165, 1.54) is 6.07 Å². The number of halogens is 1. The Balaban J connectivity index is 2.04. The Hall–Kier alpha value is -1.42. The molecule has 0 aromatic heterocycles. The van der Waals surface area contributed by atoms with Gasteiger partial charge in [0.05, 0.1) is 0 Å². The number of hydrogen-bond acceptors (Lipinski definition) is 3. The molecule has 1 aromatic rings. The summed E-state index contributed by atoms with van der Waals surface area (Å²) >= 11 is 0. The Bertz CT molecular complexity index is 482. The lowest BCUT2D eigenvalue weighted by Crippen LogP contribution is -2.40. The van der Waals surface area contributed by atoms with Gasteiger partial charge in [-0.25, -0.2) is 4.39 Å². The molecule has 0 radical (unpaired) electrons. The fourth-order valence-electron chi connectivity index (χ4n) is 2.50. The fraction of sp³-hybridized carbons (Fsp3) is 0.562. The molecule has 0 bridgehead atoms. The van der Waals surface area contributed by atoms with E-state index < -0.39 is 5.60 Å². The van der Waals surface area contributed by atoms with Crippen LogP contribution in [-0.2, 0) is 16.1 Å². The van der Waals surface area contributed by atoms with E-state index in [-0.39, 0.29) is 17.8 Å². The van der Waals surface area contributed by atoms with E-state index in [0.29, 0.717) is 12.1 Å². The summed E-state index contributed by atoms with van der Waals surface area (Å²) in [5.41, 5.74) is 0.145. The first-order chi connectivity index (χ1) is 9.37. The van der Waals surface area contributed by atoms with Crippen LogP contribution in [0.4, 0.5) is 4.39 Å². The van der Waals surface area contributed by atoms with E-state index in [4.69, 9.17) is 4.74 Å². The monoisotopic (exact) mass is 279 g/mol. The number of benzene rings is 1. The van der Waals surface area contributed by atoms with Crippen LogP contribution in [0, 0.1) is 5.82 Å². The number of esters is 1. The van der Waals surface area contributed by atoms with E-state index in [1.807, 2.05) is 31.7 Å². The maximum atomic E-state index is 13.7. The fourth-order valence-corrected chi connectivity index (χ4v) is 2.50. The second kappa shape index (κ2) is 5.92. The predicted octanol–water partition coefficient (Wildman–Crippen LogP) is 3.13. The van der Waals surface area contributed by atoms with E-state index >= 15 is 0 Å². The molecule has 3 nitrogen and oxygen atoms in total. The van der Waals surface area contributed by atoms with Crippen LogP contribution in [0.1, 0.15) is 39.2 Å². The molecule has 1 heterocycles. The summed E-state index contributed by atoms with van der Waals surface area (Å²) in [6, 6.07) is 6.45. The third-order valence-corrected chi connectivity index (χ3v) is 3.37. The minimum atomic E-state index is -0.483. The predicted molar refractivity (Wildman–Crippen MR) is 75.7 cm³/mol. The summed E-state index contributed by atoms with van der Waals surface area (Å²) in [4.78, 5) is 14.2. The number of ether oxygens (including phenoxy) is 1. The summed E-state index contributed by atoms with van der Waals surface area (Å²) in [7, 11) is 0. The van der Waals surface area contributed by atoms with Crippen LogP contribution in [0.2, 0.25) is 0 Å². The molecule has 0 saturated carbocycles. The lowest BCUT2D eigenvalue weighted by Gasteiger charge is -2.27. The molecule has 20 heavy (non-hydrogen) atoms. The third-order valence-electron chi connectivity index (χ3n) is 3.37. The highest BCUT2D eigenvalue weighted by Crippen LogP contribution is 2.23. The van der Waals surface area contributed by atoms with Crippen molar-refractivity contribution in [1.82, 2.24) is 4.90 Å². The molecule has 0 N–H and O–H groups in total. The molecule has 0 unspecified atom stereocenters. The number of likely N-dealkylation sites (tertiary alicyclic amines) is 1. The van der Waals surface area contributed by atoms with Crippen molar-refractivity contribution in [2.24, 2.45) is 0 Å². The molecular formula is C16H22FNO2. The van der Waals surface area contributed by atoms with Crippen molar-refractivity contribution < 1.29 is 13.9 Å². The zero-order valence-corrected chi connectivity index (χ0v) is 12.4. The van der Waals surface area contributed by atoms with Gasteiger partial charge in [0.1, 0.15) is 17.5 Å². The molecule has 2 rings (SSSR count). The van der Waals surface area contributed by atoms with Crippen molar-refractivity contribution in [3.05, 3.63) is 35.6 Å². The van der Waals surface area contributed by atoms with Gasteiger partial charge in [-0.2, -0.15) is 0 Å². The molecule has 0 aliphatic carbocycles. The molecular weight excluding hydrogens is 257 g/mol. The smallest absolute Gasteiger partial charge is 0.323 e. The quantitative estimate of drug-likeness (QED) is 0.796. The van der Waals surface area contributed by atoms with Gasteiger partial charge in [0, 0.05) is 12.1 Å². The van der Waals surface area contributed by atoms with Gasteiger partial charge in [-0.05, 0) is 46.2 Å². The van der Waals surface area contributed by atoms with Gasteiger partial charge >= 0.3 is 5.97 Å². The first-order valence-electron chi connectivity index (χ1n) is 7.07. The second-order valence-electron chi connectivity index (χ2n) is 6.25. The number of hydrogen-bond donors (Lipinski definition) is 0. The lowest BCUT2D eigenvalue weighted by atomic mass is 10.1. The van der Waals surface area contributed by atoms with Crippen LogP contribution in [0.25, 0.3) is 0 Å². The van der Waals surface area contributed by atoms with Crippen LogP contribution in [0.3, 0.4) is 0 Å². The van der Waals surface area contributed by atoms with Crippen molar-refractivity contribution in [3.8, 4) is 0 Å². The van der Waals surface area contributed by atoms with E-state index in [1.54, 1.807) is 12.1 Å². The van der Waals surface area contributed by atoms with E-state index in [2.05, 4.69) is 0 Å². The van der Waals surface area contributed by atoms with Crippen LogP contribution < -0.4 is 0 Å². The van der Waals surface area contributed by atoms with Crippen LogP contribution in [0.15, 0.2) is 24.3 Å². The number of carbonyl (C=O) groups is 1. The highest BCUT2D eigenvalue weighted by molar-refractivity contribution is 5.76. The molecule has 1 fully saturated rings. The van der Waals surface area contributed by atoms with Gasteiger partial charge in [0.15, 0.2) is 0 Å². The Labute approximate surface area is 119 Å². The average molecular weight is 279 g/mol. The largest absolute Gasteiger partial charge is 0.459 e. The van der Waals surface area contributed by atoms with Gasteiger partial charge in [0.25, 0.3) is 0 Å². The van der Waals surface area contributed by atoms with Gasteiger partial charge in [0.2, 0.25) is 0 Å². The summed E-state index contributed by atoms with van der Waals surface area (Å²) in [5.74, 6) is -0.423. The maximum absolute atomic E-state index is 13.7. The minimum Gasteiger partial charge on any atom is -0.459 e. The standard InChI is InChI=1S/C16H22FNO2/c1-16(2,3)20-15(19)14-9-6-10-18(14)11-12-7-4-5-8-13(12)17/h4-5,7-8,14H,6,9-11H2,1-3H3/t14-/m1/s1. The molecule has 110 valence electrons. The van der Waals surface area contributed by atoms with Crippen molar-refractivity contribution >= 4 is 5.97 Å². The first-order valence-corrected chi connectivity index (χ1v) is 7.07.